The van der Waals surface area contributed by atoms with Crippen LogP contribution in [0.2, 0.25) is 0 Å². The van der Waals surface area contributed by atoms with Gasteiger partial charge in [0.05, 0.1) is 0 Å². The van der Waals surface area contributed by atoms with Crippen LogP contribution in [-0.2, 0) is 9.53 Å². The smallest absolute Gasteiger partial charge is 0.302 e. The van der Waals surface area contributed by atoms with Crippen LogP contribution in [0.5, 0.6) is 0 Å². The normalized spacial score (nSPS) is 51.1. The highest BCUT2D eigenvalue weighted by Crippen LogP contribution is 2.75. The van der Waals surface area contributed by atoms with Crippen LogP contribution in [0.4, 0.5) is 0 Å². The molecule has 0 spiro atoms. The number of carbonyl (C=O) groups excluding carboxylic acids is 1. The van der Waals surface area contributed by atoms with Crippen molar-refractivity contribution in [3.63, 3.8) is 0 Å². The van der Waals surface area contributed by atoms with Crippen LogP contribution in [0, 0.1) is 50.2 Å². The van der Waals surface area contributed by atoms with Crippen LogP contribution in [0.3, 0.4) is 0 Å². The molecule has 0 N–H and O–H groups in total. The van der Waals surface area contributed by atoms with Gasteiger partial charge in [0, 0.05) is 12.3 Å². The van der Waals surface area contributed by atoms with Crippen molar-refractivity contribution in [3.05, 3.63) is 11.6 Å². The molecule has 0 radical (unpaired) electrons. The Kier molecular flexibility index (Phi) is 5.40. The van der Waals surface area contributed by atoms with Crippen LogP contribution in [-0.4, -0.2) is 12.1 Å². The molecule has 5 aliphatic rings. The first kappa shape index (κ1) is 24.9. The van der Waals surface area contributed by atoms with Crippen LogP contribution < -0.4 is 0 Å². The largest absolute Gasteiger partial charge is 0.462 e. The topological polar surface area (TPSA) is 26.3 Å². The van der Waals surface area contributed by atoms with E-state index >= 15 is 0 Å². The average molecular weight is 469 g/mol. The molecule has 0 amide bonds. The Hall–Kier alpha value is -0.790. The summed E-state index contributed by atoms with van der Waals surface area (Å²) in [5, 5.41) is 0. The lowest BCUT2D eigenvalue weighted by molar-refractivity contribution is -0.198. The van der Waals surface area contributed by atoms with Gasteiger partial charge in [-0.05, 0) is 109 Å². The van der Waals surface area contributed by atoms with Crippen molar-refractivity contribution >= 4 is 5.97 Å². The summed E-state index contributed by atoms with van der Waals surface area (Å²) in [6, 6.07) is 0. The number of ether oxygens (including phenoxy) is 1. The van der Waals surface area contributed by atoms with Gasteiger partial charge in [0.2, 0.25) is 0 Å². The second kappa shape index (κ2) is 7.38. The zero-order valence-electron chi connectivity index (χ0n) is 23.8. The van der Waals surface area contributed by atoms with Crippen molar-refractivity contribution in [1.29, 1.82) is 0 Å². The number of hydrogen-bond acceptors (Lipinski definition) is 2. The molecule has 8 atom stereocenters. The Morgan fingerprint density at radius 3 is 2.06 bits per heavy atom. The van der Waals surface area contributed by atoms with Gasteiger partial charge in [0.25, 0.3) is 0 Å². The zero-order valence-corrected chi connectivity index (χ0v) is 23.8. The summed E-state index contributed by atoms with van der Waals surface area (Å²) in [5.41, 5.74) is 3.90. The Balaban J connectivity index is 1.51. The van der Waals surface area contributed by atoms with E-state index in [9.17, 15) is 4.79 Å². The maximum absolute atomic E-state index is 11.9. The predicted octanol–water partition coefficient (Wildman–Crippen LogP) is 8.74. The molecule has 2 nitrogen and oxygen atoms in total. The highest BCUT2D eigenvalue weighted by Gasteiger charge is 2.67. The highest BCUT2D eigenvalue weighted by atomic mass is 16.5. The molecular weight excluding hydrogens is 416 g/mol. The number of hydrogen-bond donors (Lipinski definition) is 0. The van der Waals surface area contributed by atoms with Crippen molar-refractivity contribution in [2.75, 3.05) is 0 Å². The molecule has 0 saturated heterocycles. The summed E-state index contributed by atoms with van der Waals surface area (Å²) in [5.74, 6) is 2.09. The molecule has 5 rings (SSSR count). The van der Waals surface area contributed by atoms with Crippen LogP contribution in [0.25, 0.3) is 0 Å². The summed E-state index contributed by atoms with van der Waals surface area (Å²) < 4.78 is 5.90. The SMILES string of the molecule is CC(=O)O[C@H]1CC[C@]2(C)[C@H]3CC[C@]4(C)C(=CC[C@]5(C)CCC(C)(C)C[C@H]54)[C@]3(C)CC[C@H]2C1(C)C. The minimum atomic E-state index is -0.110. The fourth-order valence-corrected chi connectivity index (χ4v) is 11.2. The van der Waals surface area contributed by atoms with E-state index in [2.05, 4.69) is 61.5 Å². The van der Waals surface area contributed by atoms with Gasteiger partial charge in [0.1, 0.15) is 6.10 Å². The molecular formula is C32H52O2. The fourth-order valence-electron chi connectivity index (χ4n) is 11.2. The van der Waals surface area contributed by atoms with Crippen molar-refractivity contribution in [2.24, 2.45) is 50.2 Å². The molecule has 34 heavy (non-hydrogen) atoms. The monoisotopic (exact) mass is 468 g/mol. The Morgan fingerprint density at radius 1 is 0.794 bits per heavy atom. The first-order chi connectivity index (χ1) is 15.6. The molecule has 0 aromatic carbocycles. The van der Waals surface area contributed by atoms with E-state index in [1.165, 1.54) is 57.8 Å². The summed E-state index contributed by atoms with van der Waals surface area (Å²) in [7, 11) is 0. The number of rotatable bonds is 1. The molecule has 192 valence electrons. The van der Waals surface area contributed by atoms with E-state index in [1.54, 1.807) is 6.92 Å². The van der Waals surface area contributed by atoms with Crippen molar-refractivity contribution in [2.45, 2.75) is 133 Å². The molecule has 5 aliphatic carbocycles. The maximum atomic E-state index is 11.9. The van der Waals surface area contributed by atoms with Crippen molar-refractivity contribution in [1.82, 2.24) is 0 Å². The average Bonchev–Trinajstić information content (AvgIpc) is 2.70. The standard InChI is InChI=1S/C32H52O2/c1-21(33)34-26-13-17-30(7)22(28(26,4)5)11-15-31(8)23-10-14-29(6)19-18-27(2,3)20-25(29)32(23,9)16-12-24(30)31/h10,22,24-26H,11-20H2,1-9H3/t22-,24+,25+,26-,29+,30-,31-,32+/m0/s1. The van der Waals surface area contributed by atoms with Gasteiger partial charge in [-0.1, -0.05) is 67.0 Å². The van der Waals surface area contributed by atoms with E-state index in [-0.39, 0.29) is 17.5 Å². The minimum absolute atomic E-state index is 0.0493. The van der Waals surface area contributed by atoms with E-state index in [4.69, 9.17) is 4.74 Å². The quantitative estimate of drug-likeness (QED) is 0.284. The summed E-state index contributed by atoms with van der Waals surface area (Å²) in [4.78, 5) is 11.9. The van der Waals surface area contributed by atoms with E-state index in [0.717, 1.165) is 18.3 Å². The molecule has 0 aliphatic heterocycles. The molecule has 4 fully saturated rings. The zero-order chi connectivity index (χ0) is 24.9. The molecule has 0 heterocycles. The second-order valence-corrected chi connectivity index (χ2v) is 15.9. The Bertz CT molecular complexity index is 897. The van der Waals surface area contributed by atoms with Gasteiger partial charge in [0.15, 0.2) is 0 Å². The fraction of sp³-hybridized carbons (Fsp3) is 0.906. The van der Waals surface area contributed by atoms with E-state index < -0.39 is 0 Å². The Labute approximate surface area is 210 Å². The van der Waals surface area contributed by atoms with Crippen molar-refractivity contribution < 1.29 is 9.53 Å². The van der Waals surface area contributed by atoms with Gasteiger partial charge < -0.3 is 4.74 Å². The first-order valence-electron chi connectivity index (χ1n) is 14.5. The third-order valence-electron chi connectivity index (χ3n) is 13.0. The van der Waals surface area contributed by atoms with E-state index in [0.29, 0.717) is 33.0 Å². The van der Waals surface area contributed by atoms with Gasteiger partial charge in [-0.15, -0.1) is 0 Å². The van der Waals surface area contributed by atoms with E-state index in [1.807, 2.05) is 5.57 Å². The second-order valence-electron chi connectivity index (χ2n) is 15.9. The molecule has 0 unspecified atom stereocenters. The third-order valence-corrected chi connectivity index (χ3v) is 13.0. The van der Waals surface area contributed by atoms with Gasteiger partial charge in [-0.2, -0.15) is 0 Å². The summed E-state index contributed by atoms with van der Waals surface area (Å²) in [6.45, 7) is 22.0. The predicted molar refractivity (Wildman–Crippen MR) is 140 cm³/mol. The lowest BCUT2D eigenvalue weighted by Crippen LogP contribution is -2.63. The maximum Gasteiger partial charge on any atom is 0.302 e. The van der Waals surface area contributed by atoms with Crippen LogP contribution in [0.15, 0.2) is 11.6 Å². The molecule has 4 saturated carbocycles. The minimum Gasteiger partial charge on any atom is -0.462 e. The third kappa shape index (κ3) is 3.28. The lowest BCUT2D eigenvalue weighted by Gasteiger charge is -2.70. The number of esters is 1. The lowest BCUT2D eigenvalue weighted by atomic mass is 9.34. The molecule has 2 heteroatoms. The van der Waals surface area contributed by atoms with Crippen molar-refractivity contribution in [3.8, 4) is 0 Å². The summed E-state index contributed by atoms with van der Waals surface area (Å²) >= 11 is 0. The van der Waals surface area contributed by atoms with Crippen LogP contribution in [0.1, 0.15) is 127 Å². The van der Waals surface area contributed by atoms with Gasteiger partial charge in [-0.25, -0.2) is 0 Å². The molecule has 0 aromatic rings. The van der Waals surface area contributed by atoms with Gasteiger partial charge in [-0.3, -0.25) is 4.79 Å². The molecule has 0 aromatic heterocycles. The van der Waals surface area contributed by atoms with Crippen LogP contribution >= 0.6 is 0 Å². The number of fused-ring (bicyclic) bond motifs is 7. The number of carbonyl (C=O) groups is 1. The highest BCUT2D eigenvalue weighted by molar-refractivity contribution is 5.66. The molecule has 0 bridgehead atoms. The van der Waals surface area contributed by atoms with Gasteiger partial charge >= 0.3 is 5.97 Å². The summed E-state index contributed by atoms with van der Waals surface area (Å²) in [6.07, 6.45) is 15.9. The Morgan fingerprint density at radius 2 is 1.41 bits per heavy atom. The first-order valence-corrected chi connectivity index (χ1v) is 14.5. The number of allylic oxidation sites excluding steroid dienone is 2.